The number of hydroxylamine groups is 1. The van der Waals surface area contributed by atoms with Crippen LogP contribution in [0.15, 0.2) is 24.3 Å². The highest BCUT2D eigenvalue weighted by atomic mass is 32.1. The largest absolute Gasteiger partial charge is 0.316 e. The summed E-state index contributed by atoms with van der Waals surface area (Å²) in [5.74, 6) is 0. The number of rotatable bonds is 2. The third kappa shape index (κ3) is 2.51. The molecule has 2 N–H and O–H groups in total. The van der Waals surface area contributed by atoms with Crippen molar-refractivity contribution in [1.29, 1.82) is 0 Å². The van der Waals surface area contributed by atoms with Gasteiger partial charge in [0.1, 0.15) is 0 Å². The lowest BCUT2D eigenvalue weighted by atomic mass is 9.86. The minimum Gasteiger partial charge on any atom is -0.316 e. The van der Waals surface area contributed by atoms with Crippen molar-refractivity contribution in [3.63, 3.8) is 0 Å². The van der Waals surface area contributed by atoms with Crippen molar-refractivity contribution in [1.82, 2.24) is 5.48 Å². The molecular formula is C14H19NOS. The Kier molecular flexibility index (Phi) is 3.25. The predicted molar refractivity (Wildman–Crippen MR) is 73.9 cm³/mol. The molecule has 2 nitrogen and oxygen atoms in total. The first-order valence-electron chi connectivity index (χ1n) is 5.85. The van der Waals surface area contributed by atoms with E-state index in [2.05, 4.69) is 50.5 Å². The number of hydrogen-bond donors (Lipinski definition) is 2. The zero-order valence-corrected chi connectivity index (χ0v) is 11.6. The van der Waals surface area contributed by atoms with Crippen LogP contribution in [0.1, 0.15) is 44.2 Å². The first-order chi connectivity index (χ1) is 7.91. The van der Waals surface area contributed by atoms with E-state index in [0.29, 0.717) is 0 Å². The first-order valence-corrected chi connectivity index (χ1v) is 6.67. The van der Waals surface area contributed by atoms with Crippen LogP contribution >= 0.6 is 11.3 Å². The van der Waals surface area contributed by atoms with E-state index in [-0.39, 0.29) is 11.5 Å². The van der Waals surface area contributed by atoms with Crippen LogP contribution in [0, 0.1) is 0 Å². The van der Waals surface area contributed by atoms with Gasteiger partial charge in [0, 0.05) is 9.58 Å². The monoisotopic (exact) mass is 249 g/mol. The van der Waals surface area contributed by atoms with Crippen molar-refractivity contribution in [2.45, 2.75) is 39.2 Å². The fourth-order valence-corrected chi connectivity index (χ4v) is 2.85. The van der Waals surface area contributed by atoms with Crippen LogP contribution in [0.2, 0.25) is 0 Å². The Hall–Kier alpha value is -0.900. The van der Waals surface area contributed by atoms with E-state index in [0.717, 1.165) is 4.88 Å². The molecule has 1 aromatic carbocycles. The van der Waals surface area contributed by atoms with E-state index in [1.54, 1.807) is 11.3 Å². The molecule has 0 aliphatic heterocycles. The summed E-state index contributed by atoms with van der Waals surface area (Å²) in [4.78, 5) is 1.16. The predicted octanol–water partition coefficient (Wildman–Crippen LogP) is 4.24. The van der Waals surface area contributed by atoms with Gasteiger partial charge in [0.15, 0.2) is 0 Å². The van der Waals surface area contributed by atoms with E-state index >= 15 is 0 Å². The van der Waals surface area contributed by atoms with Crippen LogP contribution in [0.3, 0.4) is 0 Å². The van der Waals surface area contributed by atoms with Gasteiger partial charge in [-0.05, 0) is 41.5 Å². The SMILES string of the molecule is CC(NO)c1cc2cc(C(C)(C)C)ccc2s1. The molecule has 1 aromatic heterocycles. The molecule has 0 aliphatic rings. The number of nitrogens with one attached hydrogen (secondary N) is 1. The van der Waals surface area contributed by atoms with E-state index in [9.17, 15) is 0 Å². The summed E-state index contributed by atoms with van der Waals surface area (Å²) in [6, 6.07) is 8.77. The number of fused-ring (bicyclic) bond motifs is 1. The Morgan fingerprint density at radius 3 is 2.53 bits per heavy atom. The van der Waals surface area contributed by atoms with Gasteiger partial charge in [-0.15, -0.1) is 11.3 Å². The van der Waals surface area contributed by atoms with E-state index in [1.165, 1.54) is 15.6 Å². The molecule has 0 bridgehead atoms. The maximum absolute atomic E-state index is 8.95. The third-order valence-electron chi connectivity index (χ3n) is 3.02. The first kappa shape index (κ1) is 12.6. The molecular weight excluding hydrogens is 230 g/mol. The van der Waals surface area contributed by atoms with Crippen molar-refractivity contribution < 1.29 is 5.21 Å². The smallest absolute Gasteiger partial charge is 0.0634 e. The Morgan fingerprint density at radius 1 is 1.24 bits per heavy atom. The van der Waals surface area contributed by atoms with E-state index in [1.807, 2.05) is 6.92 Å². The molecule has 1 atom stereocenters. The molecule has 0 radical (unpaired) electrons. The Labute approximate surface area is 106 Å². The lowest BCUT2D eigenvalue weighted by Crippen LogP contribution is -2.11. The maximum Gasteiger partial charge on any atom is 0.0634 e. The number of benzene rings is 1. The van der Waals surface area contributed by atoms with Gasteiger partial charge in [0.05, 0.1) is 6.04 Å². The molecule has 92 valence electrons. The van der Waals surface area contributed by atoms with Gasteiger partial charge >= 0.3 is 0 Å². The average Bonchev–Trinajstić information content (AvgIpc) is 2.69. The van der Waals surface area contributed by atoms with Crippen molar-refractivity contribution >= 4 is 21.4 Å². The zero-order valence-electron chi connectivity index (χ0n) is 10.7. The summed E-state index contributed by atoms with van der Waals surface area (Å²) in [6.07, 6.45) is 0. The summed E-state index contributed by atoms with van der Waals surface area (Å²) in [7, 11) is 0. The standard InChI is InChI=1S/C14H19NOS/c1-9(15-16)13-8-10-7-11(14(2,3)4)5-6-12(10)17-13/h5-9,15-16H,1-4H3. The molecule has 1 unspecified atom stereocenters. The van der Waals surface area contributed by atoms with Gasteiger partial charge < -0.3 is 5.21 Å². The molecule has 2 rings (SSSR count). The maximum atomic E-state index is 8.95. The lowest BCUT2D eigenvalue weighted by Gasteiger charge is -2.18. The summed E-state index contributed by atoms with van der Waals surface area (Å²) in [5, 5.41) is 10.2. The van der Waals surface area contributed by atoms with E-state index in [4.69, 9.17) is 5.21 Å². The van der Waals surface area contributed by atoms with Crippen LogP contribution < -0.4 is 5.48 Å². The van der Waals surface area contributed by atoms with Crippen molar-refractivity contribution in [2.75, 3.05) is 0 Å². The van der Waals surface area contributed by atoms with Gasteiger partial charge in [0.2, 0.25) is 0 Å². The van der Waals surface area contributed by atoms with Crippen LogP contribution in [0.5, 0.6) is 0 Å². The van der Waals surface area contributed by atoms with Crippen molar-refractivity contribution in [3.05, 3.63) is 34.7 Å². The van der Waals surface area contributed by atoms with E-state index < -0.39 is 0 Å². The Bertz CT molecular complexity index is 524. The highest BCUT2D eigenvalue weighted by molar-refractivity contribution is 7.19. The summed E-state index contributed by atoms with van der Waals surface area (Å²) in [6.45, 7) is 8.62. The summed E-state index contributed by atoms with van der Waals surface area (Å²) >= 11 is 1.73. The van der Waals surface area contributed by atoms with Crippen molar-refractivity contribution in [2.24, 2.45) is 0 Å². The van der Waals surface area contributed by atoms with Crippen LogP contribution in [-0.2, 0) is 5.41 Å². The molecule has 0 aliphatic carbocycles. The Balaban J connectivity index is 2.48. The van der Waals surface area contributed by atoms with Crippen molar-refractivity contribution in [3.8, 4) is 0 Å². The fraction of sp³-hybridized carbons (Fsp3) is 0.429. The highest BCUT2D eigenvalue weighted by Gasteiger charge is 2.15. The fourth-order valence-electron chi connectivity index (χ4n) is 1.81. The minimum absolute atomic E-state index is 0.00881. The summed E-state index contributed by atoms with van der Waals surface area (Å²) in [5.41, 5.74) is 3.82. The van der Waals surface area contributed by atoms with Gasteiger partial charge in [0.25, 0.3) is 0 Å². The molecule has 0 amide bonds. The van der Waals surface area contributed by atoms with Gasteiger partial charge in [-0.1, -0.05) is 26.8 Å². The number of thiophene rings is 1. The van der Waals surface area contributed by atoms with Crippen LogP contribution in [0.25, 0.3) is 10.1 Å². The zero-order chi connectivity index (χ0) is 12.6. The van der Waals surface area contributed by atoms with Gasteiger partial charge in [-0.25, -0.2) is 0 Å². The molecule has 0 saturated heterocycles. The molecule has 3 heteroatoms. The summed E-state index contributed by atoms with van der Waals surface area (Å²) < 4.78 is 1.27. The molecule has 0 saturated carbocycles. The molecule has 0 spiro atoms. The molecule has 17 heavy (non-hydrogen) atoms. The minimum atomic E-state index is -0.00881. The normalized spacial score (nSPS) is 14.2. The molecule has 0 fully saturated rings. The topological polar surface area (TPSA) is 32.3 Å². The van der Waals surface area contributed by atoms with Gasteiger partial charge in [-0.3, -0.25) is 0 Å². The molecule has 2 aromatic rings. The molecule has 1 heterocycles. The van der Waals surface area contributed by atoms with Crippen LogP contribution in [-0.4, -0.2) is 5.21 Å². The Morgan fingerprint density at radius 2 is 1.94 bits per heavy atom. The second-order valence-electron chi connectivity index (χ2n) is 5.50. The number of hydrogen-bond acceptors (Lipinski definition) is 3. The average molecular weight is 249 g/mol. The lowest BCUT2D eigenvalue weighted by molar-refractivity contribution is 0.135. The third-order valence-corrected chi connectivity index (χ3v) is 4.32. The van der Waals surface area contributed by atoms with Crippen LogP contribution in [0.4, 0.5) is 0 Å². The highest BCUT2D eigenvalue weighted by Crippen LogP contribution is 2.33. The second kappa shape index (κ2) is 4.41. The second-order valence-corrected chi connectivity index (χ2v) is 6.62. The quantitative estimate of drug-likeness (QED) is 0.780. The van der Waals surface area contributed by atoms with Gasteiger partial charge in [-0.2, -0.15) is 5.48 Å².